The number of urea groups is 1. The van der Waals surface area contributed by atoms with Crippen molar-refractivity contribution < 1.29 is 19.2 Å². The van der Waals surface area contributed by atoms with Crippen molar-refractivity contribution in [3.8, 4) is 0 Å². The van der Waals surface area contributed by atoms with Crippen LogP contribution in [0.1, 0.15) is 49.9 Å². The molecule has 1 heterocycles. The molecule has 2 fully saturated rings. The summed E-state index contributed by atoms with van der Waals surface area (Å²) in [5.41, 5.74) is 0.0951. The molecule has 4 amide bonds. The molecule has 1 spiro atoms. The Morgan fingerprint density at radius 2 is 1.92 bits per heavy atom. The maximum absolute atomic E-state index is 12.7. The van der Waals surface area contributed by atoms with Gasteiger partial charge >= 0.3 is 6.03 Å². The Morgan fingerprint density at radius 3 is 2.56 bits per heavy atom. The van der Waals surface area contributed by atoms with Gasteiger partial charge in [-0.05, 0) is 38.8 Å². The van der Waals surface area contributed by atoms with E-state index < -0.39 is 23.5 Å². The van der Waals surface area contributed by atoms with Gasteiger partial charge in [-0.3, -0.25) is 14.4 Å². The van der Waals surface area contributed by atoms with Gasteiger partial charge in [0, 0.05) is 11.3 Å². The Kier molecular flexibility index (Phi) is 4.32. The highest BCUT2D eigenvalue weighted by Crippen LogP contribution is 2.35. The van der Waals surface area contributed by atoms with E-state index in [0.717, 1.165) is 17.7 Å². The number of ketones is 1. The lowest BCUT2D eigenvalue weighted by Gasteiger charge is -2.23. The van der Waals surface area contributed by atoms with E-state index in [4.69, 9.17) is 0 Å². The van der Waals surface area contributed by atoms with Crippen LogP contribution in [-0.2, 0) is 9.59 Å². The van der Waals surface area contributed by atoms with Gasteiger partial charge in [-0.15, -0.1) is 0 Å². The fourth-order valence-corrected chi connectivity index (χ4v) is 3.49. The number of nitrogens with zero attached hydrogens (tertiary/aromatic N) is 1. The van der Waals surface area contributed by atoms with Crippen molar-refractivity contribution in [1.29, 1.82) is 0 Å². The van der Waals surface area contributed by atoms with Gasteiger partial charge in [0.1, 0.15) is 11.6 Å². The number of rotatable bonds is 4. The molecule has 2 aliphatic rings. The van der Waals surface area contributed by atoms with Crippen LogP contribution < -0.4 is 10.6 Å². The minimum Gasteiger partial charge on any atom is -0.324 e. The van der Waals surface area contributed by atoms with E-state index in [2.05, 4.69) is 10.6 Å². The number of hydrogen-bond acceptors (Lipinski definition) is 4. The quantitative estimate of drug-likeness (QED) is 0.646. The molecule has 2 N–H and O–H groups in total. The molecule has 1 unspecified atom stereocenters. The second kappa shape index (κ2) is 6.31. The molecule has 7 heteroatoms. The van der Waals surface area contributed by atoms with Gasteiger partial charge < -0.3 is 10.6 Å². The average Bonchev–Trinajstić information content (AvgIpc) is 3.13. The molecule has 1 aliphatic carbocycles. The van der Waals surface area contributed by atoms with Gasteiger partial charge in [0.15, 0.2) is 5.78 Å². The van der Waals surface area contributed by atoms with Crippen molar-refractivity contribution in [2.24, 2.45) is 0 Å². The minimum atomic E-state index is -0.937. The zero-order valence-electron chi connectivity index (χ0n) is 14.3. The second-order valence-electron chi connectivity index (χ2n) is 6.70. The van der Waals surface area contributed by atoms with Crippen LogP contribution in [0.4, 0.5) is 10.5 Å². The molecule has 0 bridgehead atoms. The van der Waals surface area contributed by atoms with Gasteiger partial charge in [0.05, 0.1) is 0 Å². The standard InChI is InChI=1S/C18H21N3O4/c1-11(15(23)19-14-7-5-6-13(10-14)12(2)22)21-16(24)18(20-17(21)25)8-3-4-9-18/h5-7,10-11H,3-4,8-9H2,1-2H3,(H,19,23)(H,20,25). The predicted molar refractivity (Wildman–Crippen MR) is 91.1 cm³/mol. The summed E-state index contributed by atoms with van der Waals surface area (Å²) in [5, 5.41) is 5.43. The molecule has 1 aliphatic heterocycles. The first kappa shape index (κ1) is 17.1. The molecular formula is C18H21N3O4. The molecule has 1 saturated heterocycles. The van der Waals surface area contributed by atoms with E-state index >= 15 is 0 Å². The number of benzene rings is 1. The van der Waals surface area contributed by atoms with Crippen molar-refractivity contribution in [1.82, 2.24) is 10.2 Å². The number of carbonyl (C=O) groups excluding carboxylic acids is 4. The molecule has 25 heavy (non-hydrogen) atoms. The predicted octanol–water partition coefficient (Wildman–Crippen LogP) is 2.08. The summed E-state index contributed by atoms with van der Waals surface area (Å²) in [7, 11) is 0. The maximum atomic E-state index is 12.7. The highest BCUT2D eigenvalue weighted by Gasteiger charge is 2.54. The molecule has 1 saturated carbocycles. The number of anilines is 1. The van der Waals surface area contributed by atoms with Crippen LogP contribution in [0.3, 0.4) is 0 Å². The molecule has 132 valence electrons. The SMILES string of the molecule is CC(=O)c1cccc(NC(=O)C(C)N2C(=O)NC3(CCCC3)C2=O)c1. The van der Waals surface area contributed by atoms with Crippen LogP contribution in [-0.4, -0.2) is 40.1 Å². The van der Waals surface area contributed by atoms with Crippen molar-refractivity contribution in [2.75, 3.05) is 5.32 Å². The van der Waals surface area contributed by atoms with E-state index in [-0.39, 0.29) is 11.7 Å². The van der Waals surface area contributed by atoms with Crippen LogP contribution in [0, 0.1) is 0 Å². The highest BCUT2D eigenvalue weighted by atomic mass is 16.2. The van der Waals surface area contributed by atoms with E-state index in [1.165, 1.54) is 13.8 Å². The summed E-state index contributed by atoms with van der Waals surface area (Å²) in [4.78, 5) is 49.9. The number of nitrogens with one attached hydrogen (secondary N) is 2. The number of Topliss-reactive ketones (excluding diaryl/α,β-unsaturated/α-hetero) is 1. The van der Waals surface area contributed by atoms with Gasteiger partial charge in [-0.25, -0.2) is 9.69 Å². The van der Waals surface area contributed by atoms with Crippen molar-refractivity contribution in [2.45, 2.75) is 51.1 Å². The smallest absolute Gasteiger partial charge is 0.324 e. The monoisotopic (exact) mass is 343 g/mol. The van der Waals surface area contributed by atoms with Crippen LogP contribution in [0.15, 0.2) is 24.3 Å². The van der Waals surface area contributed by atoms with Gasteiger partial charge in [-0.2, -0.15) is 0 Å². The van der Waals surface area contributed by atoms with Gasteiger partial charge in [0.2, 0.25) is 5.91 Å². The molecule has 0 aromatic heterocycles. The first-order chi connectivity index (χ1) is 11.8. The van der Waals surface area contributed by atoms with Crippen molar-refractivity contribution in [3.05, 3.63) is 29.8 Å². The third kappa shape index (κ3) is 3.01. The summed E-state index contributed by atoms with van der Waals surface area (Å²) in [6, 6.07) is 5.08. The molecule has 1 atom stereocenters. The topological polar surface area (TPSA) is 95.6 Å². The Labute approximate surface area is 145 Å². The molecule has 1 aromatic carbocycles. The minimum absolute atomic E-state index is 0.110. The molecular weight excluding hydrogens is 322 g/mol. The third-order valence-corrected chi connectivity index (χ3v) is 4.95. The third-order valence-electron chi connectivity index (χ3n) is 4.95. The Morgan fingerprint density at radius 1 is 1.24 bits per heavy atom. The lowest BCUT2D eigenvalue weighted by atomic mass is 9.97. The van der Waals surface area contributed by atoms with Crippen LogP contribution >= 0.6 is 0 Å². The summed E-state index contributed by atoms with van der Waals surface area (Å²) < 4.78 is 0. The summed E-state index contributed by atoms with van der Waals surface area (Å²) >= 11 is 0. The van der Waals surface area contributed by atoms with Gasteiger partial charge in [0.25, 0.3) is 5.91 Å². The number of amides is 4. The van der Waals surface area contributed by atoms with Crippen LogP contribution in [0.2, 0.25) is 0 Å². The Balaban J connectivity index is 1.74. The summed E-state index contributed by atoms with van der Waals surface area (Å²) in [5.74, 6) is -0.907. The normalized spacial score (nSPS) is 19.8. The first-order valence-electron chi connectivity index (χ1n) is 8.42. The lowest BCUT2D eigenvalue weighted by molar-refractivity contribution is -0.136. The van der Waals surface area contributed by atoms with Crippen molar-refractivity contribution >= 4 is 29.3 Å². The van der Waals surface area contributed by atoms with Crippen molar-refractivity contribution in [3.63, 3.8) is 0 Å². The van der Waals surface area contributed by atoms with E-state index in [9.17, 15) is 19.2 Å². The molecule has 3 rings (SSSR count). The Hall–Kier alpha value is -2.70. The highest BCUT2D eigenvalue weighted by molar-refractivity contribution is 6.11. The number of carbonyl (C=O) groups is 4. The van der Waals surface area contributed by atoms with E-state index in [0.29, 0.717) is 24.1 Å². The fourth-order valence-electron chi connectivity index (χ4n) is 3.49. The summed E-state index contributed by atoms with van der Waals surface area (Å²) in [6.07, 6.45) is 3.00. The van der Waals surface area contributed by atoms with Gasteiger partial charge in [-0.1, -0.05) is 25.0 Å². The van der Waals surface area contributed by atoms with Crippen LogP contribution in [0.25, 0.3) is 0 Å². The fraction of sp³-hybridized carbons (Fsp3) is 0.444. The number of imide groups is 1. The van der Waals surface area contributed by atoms with Crippen LogP contribution in [0.5, 0.6) is 0 Å². The van der Waals surface area contributed by atoms with E-state index in [1.807, 2.05) is 0 Å². The molecule has 1 aromatic rings. The second-order valence-corrected chi connectivity index (χ2v) is 6.70. The number of hydrogen-bond donors (Lipinski definition) is 2. The zero-order chi connectivity index (χ0) is 18.2. The van der Waals surface area contributed by atoms with E-state index in [1.54, 1.807) is 24.3 Å². The maximum Gasteiger partial charge on any atom is 0.325 e. The molecule has 0 radical (unpaired) electrons. The largest absolute Gasteiger partial charge is 0.325 e. The Bertz CT molecular complexity index is 752. The summed E-state index contributed by atoms with van der Waals surface area (Å²) in [6.45, 7) is 2.97. The average molecular weight is 343 g/mol. The molecule has 7 nitrogen and oxygen atoms in total. The zero-order valence-corrected chi connectivity index (χ0v) is 14.3. The lowest BCUT2D eigenvalue weighted by Crippen LogP contribution is -2.48. The first-order valence-corrected chi connectivity index (χ1v) is 8.42.